The Bertz CT molecular complexity index is 625. The third kappa shape index (κ3) is 2.45. The van der Waals surface area contributed by atoms with Gasteiger partial charge >= 0.3 is 0 Å². The van der Waals surface area contributed by atoms with Crippen LogP contribution in [-0.4, -0.2) is 25.0 Å². The standard InChI is InChI=1S/C12H13N3O3S/c1-17-7-4-3-6(5-8(7)18-2)9(16)10-11(13)15-12(14)19-10/h3-5H,13H2,1-2H3,(H2,14,15). The van der Waals surface area contributed by atoms with Gasteiger partial charge in [-0.2, -0.15) is 0 Å². The Morgan fingerprint density at radius 1 is 1.21 bits per heavy atom. The zero-order valence-corrected chi connectivity index (χ0v) is 11.3. The molecule has 7 heteroatoms. The molecule has 0 radical (unpaired) electrons. The molecule has 0 fully saturated rings. The summed E-state index contributed by atoms with van der Waals surface area (Å²) in [4.78, 5) is 16.4. The highest BCUT2D eigenvalue weighted by molar-refractivity contribution is 7.18. The first-order valence-electron chi connectivity index (χ1n) is 5.35. The minimum Gasteiger partial charge on any atom is -0.493 e. The van der Waals surface area contributed by atoms with Crippen LogP contribution in [0.1, 0.15) is 15.2 Å². The predicted molar refractivity (Wildman–Crippen MR) is 73.9 cm³/mol. The van der Waals surface area contributed by atoms with Crippen molar-refractivity contribution in [2.45, 2.75) is 0 Å². The first-order chi connectivity index (χ1) is 9.06. The molecule has 6 nitrogen and oxygen atoms in total. The van der Waals surface area contributed by atoms with Gasteiger partial charge < -0.3 is 20.9 Å². The van der Waals surface area contributed by atoms with E-state index in [0.717, 1.165) is 11.3 Å². The summed E-state index contributed by atoms with van der Waals surface area (Å²) in [5.41, 5.74) is 11.6. The molecule has 0 spiro atoms. The van der Waals surface area contributed by atoms with Gasteiger partial charge in [0.25, 0.3) is 0 Å². The largest absolute Gasteiger partial charge is 0.493 e. The molecule has 0 aliphatic heterocycles. The van der Waals surface area contributed by atoms with Crippen LogP contribution in [0, 0.1) is 0 Å². The van der Waals surface area contributed by atoms with E-state index in [1.807, 2.05) is 0 Å². The smallest absolute Gasteiger partial charge is 0.206 e. The van der Waals surface area contributed by atoms with Crippen LogP contribution in [-0.2, 0) is 0 Å². The molecule has 0 atom stereocenters. The highest BCUT2D eigenvalue weighted by Crippen LogP contribution is 2.31. The molecule has 0 saturated carbocycles. The molecule has 0 aliphatic carbocycles. The molecule has 1 heterocycles. The lowest BCUT2D eigenvalue weighted by Crippen LogP contribution is -2.03. The van der Waals surface area contributed by atoms with E-state index >= 15 is 0 Å². The van der Waals surface area contributed by atoms with Crippen molar-refractivity contribution in [1.82, 2.24) is 4.98 Å². The predicted octanol–water partition coefficient (Wildman–Crippen LogP) is 1.56. The number of nitrogen functional groups attached to an aromatic ring is 2. The summed E-state index contributed by atoms with van der Waals surface area (Å²) in [5, 5.41) is 0.265. The molecule has 0 unspecified atom stereocenters. The number of nitrogens with two attached hydrogens (primary N) is 2. The van der Waals surface area contributed by atoms with Crippen LogP contribution in [0.5, 0.6) is 11.5 Å². The fourth-order valence-corrected chi connectivity index (χ4v) is 2.33. The van der Waals surface area contributed by atoms with E-state index in [0.29, 0.717) is 21.9 Å². The van der Waals surface area contributed by atoms with Crippen LogP contribution >= 0.6 is 11.3 Å². The molecule has 2 aromatic rings. The lowest BCUT2D eigenvalue weighted by atomic mass is 10.1. The van der Waals surface area contributed by atoms with Crippen LogP contribution in [0.25, 0.3) is 0 Å². The molecular formula is C12H13N3O3S. The van der Waals surface area contributed by atoms with Crippen LogP contribution in [0.4, 0.5) is 10.9 Å². The second-order valence-electron chi connectivity index (χ2n) is 3.67. The maximum Gasteiger partial charge on any atom is 0.206 e. The fourth-order valence-electron chi connectivity index (χ4n) is 1.62. The van der Waals surface area contributed by atoms with Crippen molar-refractivity contribution >= 4 is 28.1 Å². The monoisotopic (exact) mass is 279 g/mol. The number of thiazole rings is 1. The van der Waals surface area contributed by atoms with Crippen LogP contribution in [0.15, 0.2) is 18.2 Å². The lowest BCUT2D eigenvalue weighted by molar-refractivity contribution is 0.104. The molecule has 0 amide bonds. The Balaban J connectivity index is 2.42. The average molecular weight is 279 g/mol. The Kier molecular flexibility index (Phi) is 3.57. The second kappa shape index (κ2) is 5.15. The molecule has 1 aromatic carbocycles. The van der Waals surface area contributed by atoms with E-state index in [2.05, 4.69) is 4.98 Å². The second-order valence-corrected chi connectivity index (χ2v) is 4.70. The SMILES string of the molecule is COc1ccc(C(=O)c2sc(N)nc2N)cc1OC. The number of ether oxygens (including phenoxy) is 2. The Morgan fingerprint density at radius 3 is 2.42 bits per heavy atom. The average Bonchev–Trinajstić information content (AvgIpc) is 2.76. The van der Waals surface area contributed by atoms with E-state index in [1.54, 1.807) is 18.2 Å². The zero-order valence-electron chi connectivity index (χ0n) is 10.5. The number of nitrogens with zero attached hydrogens (tertiary/aromatic N) is 1. The summed E-state index contributed by atoms with van der Waals surface area (Å²) >= 11 is 1.06. The number of rotatable bonds is 4. The molecule has 19 heavy (non-hydrogen) atoms. The number of carbonyl (C=O) groups is 1. The Hall–Kier alpha value is -2.28. The van der Waals surface area contributed by atoms with Crippen LogP contribution in [0.3, 0.4) is 0 Å². The van der Waals surface area contributed by atoms with E-state index in [-0.39, 0.29) is 16.7 Å². The van der Waals surface area contributed by atoms with Gasteiger partial charge in [0.2, 0.25) is 5.78 Å². The van der Waals surface area contributed by atoms with Crippen molar-refractivity contribution in [3.05, 3.63) is 28.6 Å². The van der Waals surface area contributed by atoms with Crippen molar-refractivity contribution in [2.24, 2.45) is 0 Å². The number of anilines is 2. The van der Waals surface area contributed by atoms with Gasteiger partial charge in [0.15, 0.2) is 16.6 Å². The van der Waals surface area contributed by atoms with Gasteiger partial charge in [-0.1, -0.05) is 11.3 Å². The number of hydrogen-bond donors (Lipinski definition) is 2. The third-order valence-corrected chi connectivity index (χ3v) is 3.42. The molecule has 1 aromatic heterocycles. The highest BCUT2D eigenvalue weighted by Gasteiger charge is 2.18. The van der Waals surface area contributed by atoms with Crippen LogP contribution in [0.2, 0.25) is 0 Å². The number of benzene rings is 1. The van der Waals surface area contributed by atoms with Gasteiger partial charge in [0, 0.05) is 5.56 Å². The minimum absolute atomic E-state index is 0.141. The highest BCUT2D eigenvalue weighted by atomic mass is 32.1. The maximum absolute atomic E-state index is 12.3. The topological polar surface area (TPSA) is 100 Å². The number of hydrogen-bond acceptors (Lipinski definition) is 7. The zero-order chi connectivity index (χ0) is 14.0. The van der Waals surface area contributed by atoms with Crippen molar-refractivity contribution in [3.8, 4) is 11.5 Å². The first-order valence-corrected chi connectivity index (χ1v) is 6.17. The van der Waals surface area contributed by atoms with Gasteiger partial charge in [-0.3, -0.25) is 4.79 Å². The molecule has 4 N–H and O–H groups in total. The minimum atomic E-state index is -0.243. The quantitative estimate of drug-likeness (QED) is 0.824. The van der Waals surface area contributed by atoms with Crippen molar-refractivity contribution in [1.29, 1.82) is 0 Å². The third-order valence-electron chi connectivity index (χ3n) is 2.52. The van der Waals surface area contributed by atoms with Crippen molar-refractivity contribution in [2.75, 3.05) is 25.7 Å². The van der Waals surface area contributed by atoms with E-state index < -0.39 is 0 Å². The fraction of sp³-hybridized carbons (Fsp3) is 0.167. The molecule has 0 bridgehead atoms. The van der Waals surface area contributed by atoms with Crippen molar-refractivity contribution < 1.29 is 14.3 Å². The molecule has 2 rings (SSSR count). The number of methoxy groups -OCH3 is 2. The van der Waals surface area contributed by atoms with E-state index in [1.165, 1.54) is 14.2 Å². The number of aromatic nitrogens is 1. The van der Waals surface area contributed by atoms with Crippen LogP contribution < -0.4 is 20.9 Å². The Morgan fingerprint density at radius 2 is 1.89 bits per heavy atom. The normalized spacial score (nSPS) is 10.2. The summed E-state index contributed by atoms with van der Waals surface area (Å²) in [6, 6.07) is 4.89. The summed E-state index contributed by atoms with van der Waals surface area (Å²) in [6.07, 6.45) is 0. The first kappa shape index (κ1) is 13.2. The van der Waals surface area contributed by atoms with Gasteiger partial charge in [-0.15, -0.1) is 0 Å². The van der Waals surface area contributed by atoms with Gasteiger partial charge in [-0.05, 0) is 18.2 Å². The molecule has 0 saturated heterocycles. The van der Waals surface area contributed by atoms with Gasteiger partial charge in [0.05, 0.1) is 14.2 Å². The summed E-state index contributed by atoms with van der Waals surface area (Å²) in [7, 11) is 3.03. The number of carbonyl (C=O) groups excluding carboxylic acids is 1. The Labute approximate surface area is 114 Å². The summed E-state index contributed by atoms with van der Waals surface area (Å²) in [6.45, 7) is 0. The molecule has 0 aliphatic rings. The summed E-state index contributed by atoms with van der Waals surface area (Å²) in [5.74, 6) is 0.926. The van der Waals surface area contributed by atoms with E-state index in [9.17, 15) is 4.79 Å². The maximum atomic E-state index is 12.3. The van der Waals surface area contributed by atoms with E-state index in [4.69, 9.17) is 20.9 Å². The molecule has 100 valence electrons. The summed E-state index contributed by atoms with van der Waals surface area (Å²) < 4.78 is 10.3. The van der Waals surface area contributed by atoms with Gasteiger partial charge in [0.1, 0.15) is 10.7 Å². The molecular weight excluding hydrogens is 266 g/mol. The van der Waals surface area contributed by atoms with Gasteiger partial charge in [-0.25, -0.2) is 4.98 Å². The van der Waals surface area contributed by atoms with Crippen molar-refractivity contribution in [3.63, 3.8) is 0 Å². The number of ketones is 1. The lowest BCUT2D eigenvalue weighted by Gasteiger charge is -2.08.